The molecule has 1 fully saturated rings. The third-order valence-electron chi connectivity index (χ3n) is 3.43. The molecule has 0 spiro atoms. The van der Waals surface area contributed by atoms with Crippen molar-refractivity contribution in [3.63, 3.8) is 0 Å². The predicted molar refractivity (Wildman–Crippen MR) is 69.1 cm³/mol. The number of carbonyl (C=O) groups is 1. The van der Waals surface area contributed by atoms with Gasteiger partial charge in [-0.15, -0.1) is 0 Å². The molecule has 2 rings (SSSR count). The lowest BCUT2D eigenvalue weighted by molar-refractivity contribution is -0.137. The van der Waals surface area contributed by atoms with Gasteiger partial charge in [-0.05, 0) is 32.0 Å². The van der Waals surface area contributed by atoms with Crippen LogP contribution in [0.1, 0.15) is 29.8 Å². The Balaban J connectivity index is 2.45. The molecule has 0 saturated carbocycles. The van der Waals surface area contributed by atoms with Crippen LogP contribution in [0.3, 0.4) is 0 Å². The van der Waals surface area contributed by atoms with Gasteiger partial charge in [-0.3, -0.25) is 4.79 Å². The van der Waals surface area contributed by atoms with Gasteiger partial charge >= 0.3 is 6.18 Å². The molecule has 0 atom stereocenters. The zero-order valence-corrected chi connectivity index (χ0v) is 11.3. The highest BCUT2D eigenvalue weighted by Gasteiger charge is 2.36. The Morgan fingerprint density at radius 3 is 2.60 bits per heavy atom. The average Bonchev–Trinajstić information content (AvgIpc) is 2.36. The molecular formula is C14H16F3NO2. The number of rotatable bonds is 2. The number of halogens is 3. The first kappa shape index (κ1) is 14.8. The summed E-state index contributed by atoms with van der Waals surface area (Å²) in [6, 6.07) is 3.81. The van der Waals surface area contributed by atoms with Gasteiger partial charge in [0.05, 0.1) is 24.3 Å². The van der Waals surface area contributed by atoms with Crippen molar-refractivity contribution in [2.45, 2.75) is 25.6 Å². The molecule has 0 aromatic heterocycles. The molecule has 1 aromatic rings. The number of ether oxygens (including phenoxy) is 1. The van der Waals surface area contributed by atoms with Gasteiger partial charge in [0.25, 0.3) is 0 Å². The number of morpholine rings is 1. The molecule has 110 valence electrons. The van der Waals surface area contributed by atoms with E-state index in [4.69, 9.17) is 4.74 Å². The van der Waals surface area contributed by atoms with Gasteiger partial charge in [-0.2, -0.15) is 13.2 Å². The summed E-state index contributed by atoms with van der Waals surface area (Å²) in [5, 5.41) is 0. The fourth-order valence-electron chi connectivity index (χ4n) is 2.40. The third-order valence-corrected chi connectivity index (χ3v) is 3.43. The topological polar surface area (TPSA) is 29.5 Å². The van der Waals surface area contributed by atoms with Gasteiger partial charge in [0.2, 0.25) is 0 Å². The average molecular weight is 287 g/mol. The van der Waals surface area contributed by atoms with Crippen LogP contribution in [-0.4, -0.2) is 31.6 Å². The number of hydrogen-bond donors (Lipinski definition) is 0. The minimum absolute atomic E-state index is 0.233. The molecule has 0 bridgehead atoms. The van der Waals surface area contributed by atoms with Crippen molar-refractivity contribution in [1.82, 2.24) is 0 Å². The highest BCUT2D eigenvalue weighted by atomic mass is 19.4. The summed E-state index contributed by atoms with van der Waals surface area (Å²) < 4.78 is 44.3. The van der Waals surface area contributed by atoms with Crippen molar-refractivity contribution < 1.29 is 22.7 Å². The van der Waals surface area contributed by atoms with E-state index in [1.165, 1.54) is 6.07 Å². The number of carbonyl (C=O) groups excluding carboxylic acids is 1. The van der Waals surface area contributed by atoms with Gasteiger partial charge in [0.1, 0.15) is 0 Å². The summed E-state index contributed by atoms with van der Waals surface area (Å²) in [4.78, 5) is 12.6. The number of nitrogens with zero attached hydrogens (tertiary/aromatic N) is 1. The van der Waals surface area contributed by atoms with Crippen LogP contribution in [-0.2, 0) is 10.9 Å². The Hall–Kier alpha value is -1.56. The maximum Gasteiger partial charge on any atom is 0.417 e. The second-order valence-corrected chi connectivity index (χ2v) is 5.40. The second-order valence-electron chi connectivity index (χ2n) is 5.40. The molecule has 3 nitrogen and oxygen atoms in total. The molecule has 1 aliphatic heterocycles. The van der Waals surface area contributed by atoms with Gasteiger partial charge < -0.3 is 9.64 Å². The maximum atomic E-state index is 13.0. The quantitative estimate of drug-likeness (QED) is 0.783. The number of benzene rings is 1. The number of anilines is 1. The largest absolute Gasteiger partial charge is 0.417 e. The normalized spacial score (nSPS) is 18.9. The van der Waals surface area contributed by atoms with Crippen molar-refractivity contribution in [2.24, 2.45) is 0 Å². The Kier molecular flexibility index (Phi) is 3.77. The molecule has 0 amide bonds. The van der Waals surface area contributed by atoms with E-state index in [0.29, 0.717) is 25.4 Å². The summed E-state index contributed by atoms with van der Waals surface area (Å²) in [7, 11) is 0. The molecular weight excluding hydrogens is 271 g/mol. The lowest BCUT2D eigenvalue weighted by atomic mass is 9.99. The van der Waals surface area contributed by atoms with E-state index in [-0.39, 0.29) is 17.4 Å². The van der Waals surface area contributed by atoms with Crippen LogP contribution >= 0.6 is 0 Å². The van der Waals surface area contributed by atoms with Crippen LogP contribution in [0.15, 0.2) is 18.2 Å². The maximum absolute atomic E-state index is 13.0. The molecule has 6 heteroatoms. The monoisotopic (exact) mass is 287 g/mol. The SMILES string of the molecule is CC1(C)COCCN1c1ccc(C=O)c(C(F)(F)F)c1. The van der Waals surface area contributed by atoms with Crippen molar-refractivity contribution in [2.75, 3.05) is 24.7 Å². The summed E-state index contributed by atoms with van der Waals surface area (Å²) in [6.07, 6.45) is -4.31. The number of aldehydes is 1. The van der Waals surface area contributed by atoms with Crippen molar-refractivity contribution in [1.29, 1.82) is 0 Å². The zero-order valence-electron chi connectivity index (χ0n) is 11.3. The number of alkyl halides is 3. The molecule has 1 heterocycles. The van der Waals surface area contributed by atoms with Crippen LogP contribution in [0.5, 0.6) is 0 Å². The first-order valence-corrected chi connectivity index (χ1v) is 6.27. The standard InChI is InChI=1S/C14H16F3NO2/c1-13(2)9-20-6-5-18(13)11-4-3-10(8-19)12(7-11)14(15,16)17/h3-4,7-8H,5-6,9H2,1-2H3. The molecule has 1 aliphatic rings. The molecule has 0 radical (unpaired) electrons. The summed E-state index contributed by atoms with van der Waals surface area (Å²) in [6.45, 7) is 5.26. The van der Waals surface area contributed by atoms with E-state index in [9.17, 15) is 18.0 Å². The van der Waals surface area contributed by atoms with E-state index in [2.05, 4.69) is 0 Å². The van der Waals surface area contributed by atoms with Crippen LogP contribution in [0.25, 0.3) is 0 Å². The van der Waals surface area contributed by atoms with Gasteiger partial charge in [-0.25, -0.2) is 0 Å². The van der Waals surface area contributed by atoms with E-state index >= 15 is 0 Å². The Morgan fingerprint density at radius 2 is 2.05 bits per heavy atom. The smallest absolute Gasteiger partial charge is 0.377 e. The minimum Gasteiger partial charge on any atom is -0.377 e. The lowest BCUT2D eigenvalue weighted by Gasteiger charge is -2.44. The highest BCUT2D eigenvalue weighted by Crippen LogP contribution is 2.36. The fourth-order valence-corrected chi connectivity index (χ4v) is 2.40. The molecule has 0 N–H and O–H groups in total. The molecule has 0 unspecified atom stereocenters. The van der Waals surface area contributed by atoms with Crippen LogP contribution in [0, 0.1) is 0 Å². The molecule has 20 heavy (non-hydrogen) atoms. The minimum atomic E-state index is -4.54. The van der Waals surface area contributed by atoms with E-state index in [1.54, 1.807) is 6.07 Å². The van der Waals surface area contributed by atoms with Crippen LogP contribution in [0.4, 0.5) is 18.9 Å². The molecule has 1 aromatic carbocycles. The van der Waals surface area contributed by atoms with E-state index in [0.717, 1.165) is 6.07 Å². The fraction of sp³-hybridized carbons (Fsp3) is 0.500. The zero-order chi connectivity index (χ0) is 15.0. The predicted octanol–water partition coefficient (Wildman–Crippen LogP) is 3.13. The van der Waals surface area contributed by atoms with Crippen molar-refractivity contribution >= 4 is 12.0 Å². The van der Waals surface area contributed by atoms with Crippen molar-refractivity contribution in [3.8, 4) is 0 Å². The first-order chi connectivity index (χ1) is 9.25. The van der Waals surface area contributed by atoms with E-state index < -0.39 is 11.7 Å². The molecule has 0 aliphatic carbocycles. The Bertz CT molecular complexity index is 512. The third kappa shape index (κ3) is 2.80. The van der Waals surface area contributed by atoms with Crippen LogP contribution < -0.4 is 4.90 Å². The second kappa shape index (κ2) is 5.09. The Morgan fingerprint density at radius 1 is 1.35 bits per heavy atom. The number of hydrogen-bond acceptors (Lipinski definition) is 3. The lowest BCUT2D eigenvalue weighted by Crippen LogP contribution is -2.53. The first-order valence-electron chi connectivity index (χ1n) is 6.27. The van der Waals surface area contributed by atoms with Crippen molar-refractivity contribution in [3.05, 3.63) is 29.3 Å². The summed E-state index contributed by atoms with van der Waals surface area (Å²) in [5.41, 5.74) is -1.17. The van der Waals surface area contributed by atoms with Crippen LogP contribution in [0.2, 0.25) is 0 Å². The molecule has 1 saturated heterocycles. The summed E-state index contributed by atoms with van der Waals surface area (Å²) >= 11 is 0. The highest BCUT2D eigenvalue weighted by molar-refractivity contribution is 5.79. The van der Waals surface area contributed by atoms with Gasteiger partial charge in [0, 0.05) is 17.8 Å². The van der Waals surface area contributed by atoms with E-state index in [1.807, 2.05) is 18.7 Å². The van der Waals surface area contributed by atoms with Gasteiger partial charge in [-0.1, -0.05) is 0 Å². The Labute approximate surface area is 115 Å². The summed E-state index contributed by atoms with van der Waals surface area (Å²) in [5.74, 6) is 0. The van der Waals surface area contributed by atoms with Gasteiger partial charge in [0.15, 0.2) is 6.29 Å².